The first-order valence-corrected chi connectivity index (χ1v) is 14.3. The summed E-state index contributed by atoms with van der Waals surface area (Å²) in [5, 5.41) is 11.6. The third kappa shape index (κ3) is 4.02. The maximum Gasteiger partial charge on any atom is 0.349 e. The number of fused-ring (bicyclic) bond motifs is 3. The van der Waals surface area contributed by atoms with Gasteiger partial charge in [0.15, 0.2) is 5.82 Å². The molecule has 2 aromatic heterocycles. The number of hydrogen-bond donors (Lipinski definition) is 1. The Morgan fingerprint density at radius 3 is 2.83 bits per heavy atom. The van der Waals surface area contributed by atoms with Crippen molar-refractivity contribution >= 4 is 27.5 Å². The molecule has 0 unspecified atom stereocenters. The molecular formula is C32H30F2N4O4. The third-order valence-electron chi connectivity index (χ3n) is 9.23. The van der Waals surface area contributed by atoms with Crippen molar-refractivity contribution in [3.8, 4) is 35.4 Å². The summed E-state index contributed by atoms with van der Waals surface area (Å²) in [5.74, 6) is 2.23. The summed E-state index contributed by atoms with van der Waals surface area (Å²) in [5.41, 5.74) is 0.0114. The van der Waals surface area contributed by atoms with Crippen LogP contribution in [0.5, 0.6) is 11.8 Å². The van der Waals surface area contributed by atoms with Crippen LogP contribution in [0.15, 0.2) is 33.5 Å². The molecule has 3 fully saturated rings. The Kier molecular flexibility index (Phi) is 6.13. The van der Waals surface area contributed by atoms with Gasteiger partial charge in [-0.15, -0.1) is 6.42 Å². The maximum atomic E-state index is 14.8. The number of aromatic nitrogens is 2. The number of benzene rings is 2. The number of halogens is 2. The number of hydrogen-bond acceptors (Lipinski definition) is 8. The number of terminal acetylenes is 1. The van der Waals surface area contributed by atoms with Gasteiger partial charge in [-0.1, -0.05) is 12.0 Å². The van der Waals surface area contributed by atoms with Crippen molar-refractivity contribution < 1.29 is 23.0 Å². The van der Waals surface area contributed by atoms with Gasteiger partial charge >= 0.3 is 11.6 Å². The van der Waals surface area contributed by atoms with Crippen molar-refractivity contribution in [2.24, 2.45) is 0 Å². The molecule has 4 aromatic rings. The molecule has 0 spiro atoms. The van der Waals surface area contributed by atoms with E-state index < -0.39 is 23.2 Å². The fraction of sp³-hybridized carbons (Fsp3) is 0.406. The molecule has 1 N–H and O–H groups in total. The molecule has 3 atom stereocenters. The lowest BCUT2D eigenvalue weighted by atomic mass is 9.94. The molecule has 7 rings (SSSR count). The van der Waals surface area contributed by atoms with Gasteiger partial charge in [-0.3, -0.25) is 4.90 Å². The summed E-state index contributed by atoms with van der Waals surface area (Å²) < 4.78 is 41.3. The Labute approximate surface area is 240 Å². The molecule has 3 aliphatic rings. The van der Waals surface area contributed by atoms with Crippen LogP contribution in [-0.2, 0) is 0 Å². The monoisotopic (exact) mass is 572 g/mol. The molecule has 216 valence electrons. The normalized spacial score (nSPS) is 23.7. The summed E-state index contributed by atoms with van der Waals surface area (Å²) in [6, 6.07) is 5.87. The van der Waals surface area contributed by atoms with Crippen LogP contribution in [0.1, 0.15) is 43.7 Å². The molecule has 0 bridgehead atoms. The predicted molar refractivity (Wildman–Crippen MR) is 155 cm³/mol. The average Bonchev–Trinajstić information content (AvgIpc) is 3.48. The highest BCUT2D eigenvalue weighted by Crippen LogP contribution is 2.42. The molecule has 10 heteroatoms. The summed E-state index contributed by atoms with van der Waals surface area (Å²) in [7, 11) is 0. The van der Waals surface area contributed by atoms with E-state index in [0.717, 1.165) is 25.8 Å². The Bertz CT molecular complexity index is 1870. The van der Waals surface area contributed by atoms with Gasteiger partial charge < -0.3 is 19.2 Å². The molecule has 0 aliphatic carbocycles. The van der Waals surface area contributed by atoms with Crippen LogP contribution in [0.4, 0.5) is 14.6 Å². The Balaban J connectivity index is 1.42. The molecular weight excluding hydrogens is 542 g/mol. The minimum absolute atomic E-state index is 0.00504. The van der Waals surface area contributed by atoms with E-state index in [-0.39, 0.29) is 46.7 Å². The lowest BCUT2D eigenvalue weighted by molar-refractivity contribution is 0.107. The van der Waals surface area contributed by atoms with E-state index in [4.69, 9.17) is 20.6 Å². The minimum atomic E-state index is -0.895. The number of aryl methyl sites for hydroxylation is 1. The highest BCUT2D eigenvalue weighted by atomic mass is 19.1. The van der Waals surface area contributed by atoms with Gasteiger partial charge in [0.05, 0.1) is 16.6 Å². The van der Waals surface area contributed by atoms with E-state index in [2.05, 4.69) is 15.8 Å². The molecule has 0 radical (unpaired) electrons. The number of alkyl halides is 1. The van der Waals surface area contributed by atoms with E-state index in [1.54, 1.807) is 6.92 Å². The Morgan fingerprint density at radius 1 is 1.26 bits per heavy atom. The highest BCUT2D eigenvalue weighted by Gasteiger charge is 2.49. The average molecular weight is 573 g/mol. The van der Waals surface area contributed by atoms with E-state index in [0.29, 0.717) is 47.2 Å². The van der Waals surface area contributed by atoms with Crippen molar-refractivity contribution in [2.45, 2.75) is 57.3 Å². The number of phenolic OH excluding ortho intramolecular Hbond substituents is 1. The van der Waals surface area contributed by atoms with Crippen molar-refractivity contribution in [3.63, 3.8) is 0 Å². The molecule has 3 saturated heterocycles. The van der Waals surface area contributed by atoms with Crippen molar-refractivity contribution in [1.82, 2.24) is 14.9 Å². The minimum Gasteiger partial charge on any atom is -0.508 e. The second kappa shape index (κ2) is 9.66. The number of ether oxygens (including phenoxy) is 1. The van der Waals surface area contributed by atoms with E-state index >= 15 is 0 Å². The first-order valence-electron chi connectivity index (χ1n) is 14.3. The highest BCUT2D eigenvalue weighted by molar-refractivity contribution is 6.03. The van der Waals surface area contributed by atoms with Gasteiger partial charge in [-0.25, -0.2) is 13.6 Å². The fourth-order valence-electron chi connectivity index (χ4n) is 6.97. The number of nitrogens with zero attached hydrogens (tertiary/aromatic N) is 4. The van der Waals surface area contributed by atoms with Gasteiger partial charge in [0.2, 0.25) is 0 Å². The molecule has 8 nitrogen and oxygen atoms in total. The second-order valence-corrected chi connectivity index (χ2v) is 11.8. The van der Waals surface area contributed by atoms with Crippen LogP contribution in [0.2, 0.25) is 0 Å². The molecule has 5 heterocycles. The van der Waals surface area contributed by atoms with Gasteiger partial charge in [0.25, 0.3) is 0 Å². The van der Waals surface area contributed by atoms with Crippen LogP contribution in [0.25, 0.3) is 33.0 Å². The summed E-state index contributed by atoms with van der Waals surface area (Å²) in [4.78, 5) is 27.2. The number of aromatic hydroxyl groups is 1. The number of phenols is 1. The SMILES string of the molecule is C#Cc1c(F)ccc2cc(O)cc(-c3oc(=O)c4c(N5CC[C@@H]5C)nc(OC[C@@]56CCCN5C[C@H](F)C6)nc4c3C)c12. The summed E-state index contributed by atoms with van der Waals surface area (Å²) in [6.45, 7) is 5.97. The van der Waals surface area contributed by atoms with Gasteiger partial charge in [0, 0.05) is 42.1 Å². The Morgan fingerprint density at radius 2 is 2.10 bits per heavy atom. The fourth-order valence-corrected chi connectivity index (χ4v) is 6.97. The van der Waals surface area contributed by atoms with Crippen LogP contribution in [0, 0.1) is 25.1 Å². The van der Waals surface area contributed by atoms with Crippen LogP contribution < -0.4 is 15.3 Å². The van der Waals surface area contributed by atoms with E-state index in [1.165, 1.54) is 24.3 Å². The molecule has 0 amide bonds. The summed E-state index contributed by atoms with van der Waals surface area (Å²) >= 11 is 0. The van der Waals surface area contributed by atoms with Gasteiger partial charge in [-0.2, -0.15) is 9.97 Å². The largest absolute Gasteiger partial charge is 0.508 e. The molecule has 2 aromatic carbocycles. The van der Waals surface area contributed by atoms with Gasteiger partial charge in [0.1, 0.15) is 35.5 Å². The topological polar surface area (TPSA) is 91.9 Å². The first-order chi connectivity index (χ1) is 20.2. The van der Waals surface area contributed by atoms with Crippen LogP contribution >= 0.6 is 0 Å². The third-order valence-corrected chi connectivity index (χ3v) is 9.23. The molecule has 42 heavy (non-hydrogen) atoms. The molecule has 3 aliphatic heterocycles. The maximum absolute atomic E-state index is 14.8. The zero-order valence-corrected chi connectivity index (χ0v) is 23.4. The van der Waals surface area contributed by atoms with E-state index in [1.807, 2.05) is 11.8 Å². The van der Waals surface area contributed by atoms with Crippen LogP contribution in [0.3, 0.4) is 0 Å². The number of rotatable bonds is 5. The zero-order valence-electron chi connectivity index (χ0n) is 23.4. The quantitative estimate of drug-likeness (QED) is 0.331. The second-order valence-electron chi connectivity index (χ2n) is 11.8. The lowest BCUT2D eigenvalue weighted by Gasteiger charge is -2.40. The zero-order chi connectivity index (χ0) is 29.3. The summed E-state index contributed by atoms with van der Waals surface area (Å²) in [6.07, 6.45) is 7.95. The number of anilines is 1. The first kappa shape index (κ1) is 26.7. The van der Waals surface area contributed by atoms with Crippen molar-refractivity contribution in [2.75, 3.05) is 31.1 Å². The smallest absolute Gasteiger partial charge is 0.349 e. The van der Waals surface area contributed by atoms with Crippen LogP contribution in [-0.4, -0.2) is 64.0 Å². The Hall–Kier alpha value is -4.23. The lowest BCUT2D eigenvalue weighted by Crippen LogP contribution is -2.47. The predicted octanol–water partition coefficient (Wildman–Crippen LogP) is 5.09. The van der Waals surface area contributed by atoms with E-state index in [9.17, 15) is 18.7 Å². The standard InChI is InChI=1S/C32H30F2N4O4/c1-4-22-24(34)7-6-19-12-21(39)13-23(25(19)22)28-18(3)27-26(30(40)42-28)29(38-11-8-17(38)2)36-31(35-27)41-16-32-9-5-10-37(32)15-20(33)14-32/h1,6-7,12-13,17,20,39H,5,8-11,14-16H2,2-3H3/t17-,20+,32-/m0/s1. The van der Waals surface area contributed by atoms with Crippen molar-refractivity contribution in [3.05, 3.63) is 51.6 Å². The van der Waals surface area contributed by atoms with Crippen molar-refractivity contribution in [1.29, 1.82) is 0 Å². The molecule has 0 saturated carbocycles. The van der Waals surface area contributed by atoms with Gasteiger partial charge in [-0.05, 0) is 63.2 Å².